The van der Waals surface area contributed by atoms with E-state index < -0.39 is 0 Å². The van der Waals surface area contributed by atoms with E-state index in [1.807, 2.05) is 0 Å². The molecule has 2 N–H and O–H groups in total. The molecule has 0 aromatic carbocycles. The largest absolute Gasteiger partial charge is 0.391 e. The van der Waals surface area contributed by atoms with Gasteiger partial charge in [-0.05, 0) is 43.4 Å². The van der Waals surface area contributed by atoms with E-state index in [2.05, 4.69) is 10.2 Å². The number of carbonyl (C=O) groups excluding carboxylic acids is 1. The average molecular weight is 236 g/mol. The van der Waals surface area contributed by atoms with Crippen LogP contribution in [0.25, 0.3) is 0 Å². The lowest BCUT2D eigenvalue weighted by atomic mass is 9.88. The highest BCUT2D eigenvalue weighted by atomic mass is 16.3. The summed E-state index contributed by atoms with van der Waals surface area (Å²) in [6.45, 7) is 1.53. The fraction of sp³-hybridized carbons (Fsp3) is 0.923. The Kier molecular flexibility index (Phi) is 2.10. The van der Waals surface area contributed by atoms with Crippen LogP contribution < -0.4 is 5.32 Å². The van der Waals surface area contributed by atoms with Gasteiger partial charge in [-0.15, -0.1) is 0 Å². The first-order chi connectivity index (χ1) is 8.22. The molecule has 1 amide bonds. The summed E-state index contributed by atoms with van der Waals surface area (Å²) in [6, 6.07) is 0.728. The standard InChI is InChI=1S/C13H20N2O2/c16-11(14-9-1-2-9)6-15-5-8-3-7-4-10(8)12(15)13(7)17/h7-10,12-13,17H,1-6H2,(H,14,16). The number of amides is 1. The summed E-state index contributed by atoms with van der Waals surface area (Å²) in [7, 11) is 0. The minimum Gasteiger partial charge on any atom is -0.391 e. The van der Waals surface area contributed by atoms with Crippen molar-refractivity contribution in [1.82, 2.24) is 10.2 Å². The number of aliphatic hydroxyl groups excluding tert-OH is 1. The zero-order chi connectivity index (χ0) is 11.6. The summed E-state index contributed by atoms with van der Waals surface area (Å²) >= 11 is 0. The second-order valence-electron chi connectivity index (χ2n) is 6.41. The van der Waals surface area contributed by atoms with Gasteiger partial charge in [-0.2, -0.15) is 0 Å². The van der Waals surface area contributed by atoms with Crippen LogP contribution >= 0.6 is 0 Å². The highest BCUT2D eigenvalue weighted by Crippen LogP contribution is 2.54. The van der Waals surface area contributed by atoms with E-state index in [0.29, 0.717) is 24.4 Å². The van der Waals surface area contributed by atoms with Crippen molar-refractivity contribution < 1.29 is 9.90 Å². The second kappa shape index (κ2) is 3.45. The first kappa shape index (κ1) is 10.3. The molecule has 4 fully saturated rings. The van der Waals surface area contributed by atoms with Gasteiger partial charge in [0.15, 0.2) is 0 Å². The first-order valence-corrected chi connectivity index (χ1v) is 6.94. The van der Waals surface area contributed by atoms with Crippen LogP contribution in [0.3, 0.4) is 0 Å². The molecule has 1 saturated heterocycles. The van der Waals surface area contributed by atoms with E-state index in [1.54, 1.807) is 0 Å². The molecular formula is C13H20N2O2. The lowest BCUT2D eigenvalue weighted by Gasteiger charge is -2.28. The molecule has 1 aliphatic heterocycles. The molecule has 0 aromatic rings. The maximum absolute atomic E-state index is 11.8. The summed E-state index contributed by atoms with van der Waals surface area (Å²) in [5.41, 5.74) is 0. The Bertz CT molecular complexity index is 353. The van der Waals surface area contributed by atoms with Gasteiger partial charge in [-0.3, -0.25) is 9.69 Å². The van der Waals surface area contributed by atoms with Gasteiger partial charge in [0.05, 0.1) is 12.6 Å². The lowest BCUT2D eigenvalue weighted by Crippen LogP contribution is -2.45. The van der Waals surface area contributed by atoms with Gasteiger partial charge in [-0.25, -0.2) is 0 Å². The third kappa shape index (κ3) is 1.54. The van der Waals surface area contributed by atoms with Crippen LogP contribution in [-0.2, 0) is 4.79 Å². The molecule has 1 heterocycles. The van der Waals surface area contributed by atoms with Gasteiger partial charge >= 0.3 is 0 Å². The molecule has 3 aliphatic carbocycles. The van der Waals surface area contributed by atoms with Crippen LogP contribution in [0.15, 0.2) is 0 Å². The molecule has 0 spiro atoms. The van der Waals surface area contributed by atoms with E-state index in [9.17, 15) is 9.90 Å². The van der Waals surface area contributed by atoms with E-state index in [-0.39, 0.29) is 18.1 Å². The topological polar surface area (TPSA) is 52.6 Å². The molecule has 3 saturated carbocycles. The summed E-state index contributed by atoms with van der Waals surface area (Å²) in [5.74, 6) is 2.10. The predicted octanol–water partition coefficient (Wildman–Crippen LogP) is -0.0339. The first-order valence-electron chi connectivity index (χ1n) is 6.94. The van der Waals surface area contributed by atoms with E-state index >= 15 is 0 Å². The Labute approximate surface area is 101 Å². The van der Waals surface area contributed by atoms with Gasteiger partial charge in [0, 0.05) is 18.6 Å². The number of likely N-dealkylation sites (tertiary alicyclic amines) is 1. The molecule has 4 rings (SSSR count). The zero-order valence-electron chi connectivity index (χ0n) is 10.0. The number of carbonyl (C=O) groups is 1. The summed E-state index contributed by atoms with van der Waals surface area (Å²) in [4.78, 5) is 14.1. The van der Waals surface area contributed by atoms with E-state index in [4.69, 9.17) is 0 Å². The third-order valence-corrected chi connectivity index (χ3v) is 5.24. The molecule has 5 atom stereocenters. The van der Waals surface area contributed by atoms with Gasteiger partial charge in [-0.1, -0.05) is 0 Å². The van der Waals surface area contributed by atoms with Crippen LogP contribution in [0.1, 0.15) is 25.7 Å². The molecular weight excluding hydrogens is 216 g/mol. The Hall–Kier alpha value is -0.610. The van der Waals surface area contributed by atoms with Gasteiger partial charge in [0.2, 0.25) is 5.91 Å². The molecule has 4 heteroatoms. The van der Waals surface area contributed by atoms with Crippen molar-refractivity contribution in [3.8, 4) is 0 Å². The zero-order valence-corrected chi connectivity index (χ0v) is 10.0. The number of nitrogens with zero attached hydrogens (tertiary/aromatic N) is 1. The number of fused-ring (bicyclic) bond motifs is 1. The Morgan fingerprint density at radius 2 is 2.12 bits per heavy atom. The number of hydrogen-bond donors (Lipinski definition) is 2. The van der Waals surface area contributed by atoms with Crippen LogP contribution in [0.4, 0.5) is 0 Å². The Morgan fingerprint density at radius 3 is 2.82 bits per heavy atom. The van der Waals surface area contributed by atoms with Crippen LogP contribution in [0.2, 0.25) is 0 Å². The fourth-order valence-electron chi connectivity index (χ4n) is 4.41. The third-order valence-electron chi connectivity index (χ3n) is 5.24. The summed E-state index contributed by atoms with van der Waals surface area (Å²) in [5, 5.41) is 13.3. The van der Waals surface area contributed by atoms with Crippen molar-refractivity contribution in [1.29, 1.82) is 0 Å². The SMILES string of the molecule is O=C(CN1CC2CC3CC2C1C3O)NC1CC1. The number of rotatable bonds is 3. The maximum atomic E-state index is 11.8. The normalized spacial score (nSPS) is 47.7. The van der Waals surface area contributed by atoms with Crippen LogP contribution in [-0.4, -0.2) is 47.2 Å². The monoisotopic (exact) mass is 236 g/mol. The van der Waals surface area contributed by atoms with Crippen molar-refractivity contribution in [2.24, 2.45) is 17.8 Å². The number of nitrogens with one attached hydrogen (secondary N) is 1. The predicted molar refractivity (Wildman–Crippen MR) is 62.2 cm³/mol. The Morgan fingerprint density at radius 1 is 1.29 bits per heavy atom. The minimum absolute atomic E-state index is 0.157. The molecule has 4 aliphatic rings. The van der Waals surface area contributed by atoms with Crippen LogP contribution in [0.5, 0.6) is 0 Å². The van der Waals surface area contributed by atoms with Crippen molar-refractivity contribution in [2.45, 2.75) is 43.9 Å². The van der Waals surface area contributed by atoms with Crippen molar-refractivity contribution in [2.75, 3.05) is 13.1 Å². The molecule has 2 bridgehead atoms. The van der Waals surface area contributed by atoms with Crippen molar-refractivity contribution in [3.05, 3.63) is 0 Å². The molecule has 5 unspecified atom stereocenters. The van der Waals surface area contributed by atoms with Crippen LogP contribution in [0, 0.1) is 17.8 Å². The van der Waals surface area contributed by atoms with Gasteiger partial charge in [0.25, 0.3) is 0 Å². The minimum atomic E-state index is -0.174. The van der Waals surface area contributed by atoms with Gasteiger partial charge in [0.1, 0.15) is 0 Å². The van der Waals surface area contributed by atoms with Crippen molar-refractivity contribution in [3.63, 3.8) is 0 Å². The highest BCUT2D eigenvalue weighted by Gasteiger charge is 2.58. The quantitative estimate of drug-likeness (QED) is 0.723. The fourth-order valence-corrected chi connectivity index (χ4v) is 4.41. The highest BCUT2D eigenvalue weighted by molar-refractivity contribution is 5.78. The molecule has 17 heavy (non-hydrogen) atoms. The lowest BCUT2D eigenvalue weighted by molar-refractivity contribution is -0.123. The van der Waals surface area contributed by atoms with Crippen molar-refractivity contribution >= 4 is 5.91 Å². The molecule has 0 radical (unpaired) electrons. The van der Waals surface area contributed by atoms with E-state index in [1.165, 1.54) is 12.8 Å². The maximum Gasteiger partial charge on any atom is 0.234 e. The number of aliphatic hydroxyl groups is 1. The summed E-state index contributed by atoms with van der Waals surface area (Å²) in [6.07, 6.45) is 4.49. The average Bonchev–Trinajstić information content (AvgIpc) is 2.80. The molecule has 4 nitrogen and oxygen atoms in total. The number of hydrogen-bond acceptors (Lipinski definition) is 3. The Balaban J connectivity index is 1.43. The molecule has 0 aromatic heterocycles. The van der Waals surface area contributed by atoms with Gasteiger partial charge < -0.3 is 10.4 Å². The smallest absolute Gasteiger partial charge is 0.234 e. The second-order valence-corrected chi connectivity index (χ2v) is 6.41. The summed E-state index contributed by atoms with van der Waals surface area (Å²) < 4.78 is 0. The van der Waals surface area contributed by atoms with E-state index in [0.717, 1.165) is 25.3 Å². The molecule has 94 valence electrons.